The second kappa shape index (κ2) is 9.77. The minimum absolute atomic E-state index is 0.177. The predicted octanol–water partition coefficient (Wildman–Crippen LogP) is 4.20. The quantitative estimate of drug-likeness (QED) is 0.382. The Labute approximate surface area is 183 Å². The predicted molar refractivity (Wildman–Crippen MR) is 117 cm³/mol. The van der Waals surface area contributed by atoms with Gasteiger partial charge in [-0.1, -0.05) is 18.2 Å². The number of carbonyl (C=O) groups is 2. The average Bonchev–Trinajstić information content (AvgIpc) is 3.35. The highest BCUT2D eigenvalue weighted by atomic mass is 35.5. The molecule has 30 heavy (non-hydrogen) atoms. The molecule has 3 rings (SSSR count). The molecule has 0 radical (unpaired) electrons. The van der Waals surface area contributed by atoms with Crippen LogP contribution in [0.4, 0.5) is 5.82 Å². The summed E-state index contributed by atoms with van der Waals surface area (Å²) in [5.74, 6) is -0.187. The molecule has 2 heterocycles. The van der Waals surface area contributed by atoms with Gasteiger partial charge in [0.25, 0.3) is 0 Å². The molecule has 0 aliphatic heterocycles. The van der Waals surface area contributed by atoms with Gasteiger partial charge in [0.1, 0.15) is 17.2 Å². The molecule has 0 atom stereocenters. The van der Waals surface area contributed by atoms with Crippen LogP contribution in [0.1, 0.15) is 27.9 Å². The lowest BCUT2D eigenvalue weighted by molar-refractivity contribution is -0.116. The number of aromatic nitrogens is 2. The summed E-state index contributed by atoms with van der Waals surface area (Å²) >= 11 is 7.39. The Balaban J connectivity index is 2.21. The summed E-state index contributed by atoms with van der Waals surface area (Å²) in [6, 6.07) is 11.1. The first kappa shape index (κ1) is 21.9. The van der Waals surface area contributed by atoms with Gasteiger partial charge in [0.05, 0.1) is 36.5 Å². The lowest BCUT2D eigenvalue weighted by atomic mass is 10.2. The van der Waals surface area contributed by atoms with E-state index in [1.54, 1.807) is 25.6 Å². The maximum Gasteiger partial charge on any atom is 0.343 e. The van der Waals surface area contributed by atoms with Gasteiger partial charge in [-0.15, -0.1) is 22.9 Å². The molecule has 3 aromatic rings. The molecule has 0 saturated heterocycles. The van der Waals surface area contributed by atoms with E-state index in [1.165, 1.54) is 16.2 Å². The number of carbonyl (C=O) groups excluding carboxylic acids is 2. The first-order valence-corrected chi connectivity index (χ1v) is 10.7. The highest BCUT2D eigenvalue weighted by Crippen LogP contribution is 2.33. The molecule has 2 aromatic heterocycles. The Morgan fingerprint density at radius 3 is 2.60 bits per heavy atom. The van der Waals surface area contributed by atoms with Crippen molar-refractivity contribution in [3.8, 4) is 11.4 Å². The molecule has 0 bridgehead atoms. The van der Waals surface area contributed by atoms with E-state index in [-0.39, 0.29) is 30.5 Å². The molecular formula is C21H22ClN3O4S. The fourth-order valence-electron chi connectivity index (χ4n) is 3.08. The van der Waals surface area contributed by atoms with E-state index in [9.17, 15) is 9.59 Å². The number of esters is 1. The first-order chi connectivity index (χ1) is 14.5. The summed E-state index contributed by atoms with van der Waals surface area (Å²) in [4.78, 5) is 28.0. The van der Waals surface area contributed by atoms with E-state index in [2.05, 4.69) is 5.10 Å². The van der Waals surface area contributed by atoms with Crippen LogP contribution in [-0.2, 0) is 16.1 Å². The molecule has 0 aliphatic carbocycles. The molecule has 1 amide bonds. The minimum Gasteiger partial charge on any atom is -0.496 e. The summed E-state index contributed by atoms with van der Waals surface area (Å²) in [6.45, 7) is 3.82. The number of thiophene rings is 1. The van der Waals surface area contributed by atoms with Crippen molar-refractivity contribution >= 4 is 40.6 Å². The number of para-hydroxylation sites is 1. The maximum absolute atomic E-state index is 12.9. The Hall–Kier alpha value is -2.84. The normalized spacial score (nSPS) is 10.7. The number of halogens is 1. The van der Waals surface area contributed by atoms with Gasteiger partial charge in [-0.2, -0.15) is 5.10 Å². The van der Waals surface area contributed by atoms with Gasteiger partial charge >= 0.3 is 5.97 Å². The number of aryl methyl sites for hydroxylation is 1. The molecule has 7 nitrogen and oxygen atoms in total. The van der Waals surface area contributed by atoms with Gasteiger partial charge in [0, 0.05) is 0 Å². The SMILES string of the molecule is CCOC(=O)c1c(C)nn(-c2ccccc2)c1N(Cc1sccc1OC)C(=O)CCl. The van der Waals surface area contributed by atoms with E-state index in [0.29, 0.717) is 22.9 Å². The number of benzene rings is 1. The molecule has 0 saturated carbocycles. The van der Waals surface area contributed by atoms with Crippen LogP contribution < -0.4 is 9.64 Å². The number of amides is 1. The Kier molecular flexibility index (Phi) is 7.12. The zero-order valence-corrected chi connectivity index (χ0v) is 18.5. The lowest BCUT2D eigenvalue weighted by Gasteiger charge is -2.24. The molecule has 0 aliphatic rings. The lowest BCUT2D eigenvalue weighted by Crippen LogP contribution is -2.34. The van der Waals surface area contributed by atoms with Gasteiger partial charge in [0.15, 0.2) is 5.82 Å². The van der Waals surface area contributed by atoms with Crippen molar-refractivity contribution < 1.29 is 19.1 Å². The highest BCUT2D eigenvalue weighted by molar-refractivity contribution is 7.10. The van der Waals surface area contributed by atoms with Crippen LogP contribution in [0.5, 0.6) is 5.75 Å². The highest BCUT2D eigenvalue weighted by Gasteiger charge is 2.31. The van der Waals surface area contributed by atoms with Gasteiger partial charge < -0.3 is 9.47 Å². The monoisotopic (exact) mass is 447 g/mol. The van der Waals surface area contributed by atoms with Crippen molar-refractivity contribution in [3.63, 3.8) is 0 Å². The number of anilines is 1. The van der Waals surface area contributed by atoms with Crippen molar-refractivity contribution in [2.24, 2.45) is 0 Å². The number of ether oxygens (including phenoxy) is 2. The van der Waals surface area contributed by atoms with Crippen LogP contribution in [0.25, 0.3) is 5.69 Å². The number of alkyl halides is 1. The molecule has 0 fully saturated rings. The average molecular weight is 448 g/mol. The number of nitrogens with zero attached hydrogens (tertiary/aromatic N) is 3. The summed E-state index contributed by atoms with van der Waals surface area (Å²) in [5, 5.41) is 6.42. The molecular weight excluding hydrogens is 426 g/mol. The molecule has 0 unspecified atom stereocenters. The zero-order chi connectivity index (χ0) is 21.7. The fraction of sp³-hybridized carbons (Fsp3) is 0.286. The molecule has 1 aromatic carbocycles. The van der Waals surface area contributed by atoms with Crippen LogP contribution in [-0.4, -0.2) is 41.3 Å². The van der Waals surface area contributed by atoms with E-state index in [1.807, 2.05) is 41.8 Å². The van der Waals surface area contributed by atoms with Crippen LogP contribution in [0.2, 0.25) is 0 Å². The third kappa shape index (κ3) is 4.34. The Bertz CT molecular complexity index is 1030. The van der Waals surface area contributed by atoms with E-state index in [0.717, 1.165) is 4.88 Å². The number of hydrogen-bond donors (Lipinski definition) is 0. The van der Waals surface area contributed by atoms with E-state index >= 15 is 0 Å². The van der Waals surface area contributed by atoms with Gasteiger partial charge in [0.2, 0.25) is 5.91 Å². The Morgan fingerprint density at radius 1 is 1.23 bits per heavy atom. The fourth-order valence-corrected chi connectivity index (χ4v) is 4.05. The van der Waals surface area contributed by atoms with Gasteiger partial charge in [-0.25, -0.2) is 9.48 Å². The largest absolute Gasteiger partial charge is 0.496 e. The van der Waals surface area contributed by atoms with E-state index in [4.69, 9.17) is 21.1 Å². The molecule has 158 valence electrons. The standard InChI is InChI=1S/C21H22ClN3O4S/c1-4-29-21(27)19-14(2)23-25(15-8-6-5-7-9-15)20(19)24(18(26)12-22)13-17-16(28-3)10-11-30-17/h5-11H,4,12-13H2,1-3H3. The summed E-state index contributed by atoms with van der Waals surface area (Å²) in [5.41, 5.74) is 1.39. The van der Waals surface area contributed by atoms with E-state index < -0.39 is 5.97 Å². The number of rotatable bonds is 8. The molecule has 9 heteroatoms. The second-order valence-electron chi connectivity index (χ2n) is 6.28. The molecule has 0 N–H and O–H groups in total. The van der Waals surface area contributed by atoms with Gasteiger partial charge in [-0.05, 0) is 37.4 Å². The third-order valence-corrected chi connectivity index (χ3v) is 5.53. The van der Waals surface area contributed by atoms with Crippen molar-refractivity contribution in [1.82, 2.24) is 9.78 Å². The van der Waals surface area contributed by atoms with Crippen molar-refractivity contribution in [1.29, 1.82) is 0 Å². The van der Waals surface area contributed by atoms with Crippen molar-refractivity contribution in [2.75, 3.05) is 24.5 Å². The third-order valence-electron chi connectivity index (χ3n) is 4.41. The van der Waals surface area contributed by atoms with Crippen molar-refractivity contribution in [2.45, 2.75) is 20.4 Å². The van der Waals surface area contributed by atoms with Crippen LogP contribution in [0.15, 0.2) is 41.8 Å². The second-order valence-corrected chi connectivity index (χ2v) is 7.55. The first-order valence-electron chi connectivity index (χ1n) is 9.30. The van der Waals surface area contributed by atoms with Crippen LogP contribution >= 0.6 is 22.9 Å². The van der Waals surface area contributed by atoms with Gasteiger partial charge in [-0.3, -0.25) is 9.69 Å². The van der Waals surface area contributed by atoms with Crippen LogP contribution in [0.3, 0.4) is 0 Å². The minimum atomic E-state index is -0.544. The van der Waals surface area contributed by atoms with Crippen molar-refractivity contribution in [3.05, 3.63) is 57.9 Å². The zero-order valence-electron chi connectivity index (χ0n) is 16.9. The number of hydrogen-bond acceptors (Lipinski definition) is 6. The summed E-state index contributed by atoms with van der Waals surface area (Å²) in [7, 11) is 1.57. The number of methoxy groups -OCH3 is 1. The Morgan fingerprint density at radius 2 is 1.97 bits per heavy atom. The topological polar surface area (TPSA) is 73.7 Å². The molecule has 0 spiro atoms. The van der Waals surface area contributed by atoms with Crippen LogP contribution in [0, 0.1) is 6.92 Å². The smallest absolute Gasteiger partial charge is 0.343 e. The summed E-state index contributed by atoms with van der Waals surface area (Å²) < 4.78 is 12.2. The maximum atomic E-state index is 12.9. The summed E-state index contributed by atoms with van der Waals surface area (Å²) in [6.07, 6.45) is 0.